The summed E-state index contributed by atoms with van der Waals surface area (Å²) in [6.45, 7) is 0.655. The van der Waals surface area contributed by atoms with Crippen LogP contribution in [0.5, 0.6) is 0 Å². The molecule has 2 rings (SSSR count). The van der Waals surface area contributed by atoms with Crippen LogP contribution in [-0.2, 0) is 9.59 Å². The minimum absolute atomic E-state index is 0.0891. The number of aliphatic carboxylic acids is 1. The topological polar surface area (TPSA) is 66.4 Å². The summed E-state index contributed by atoms with van der Waals surface area (Å²) in [6, 6.07) is 0. The van der Waals surface area contributed by atoms with Crippen LogP contribution < -0.4 is 5.32 Å². The minimum Gasteiger partial charge on any atom is -0.481 e. The van der Waals surface area contributed by atoms with Crippen LogP contribution in [0.25, 0.3) is 0 Å². The van der Waals surface area contributed by atoms with Crippen LogP contribution in [0.3, 0.4) is 0 Å². The van der Waals surface area contributed by atoms with E-state index in [2.05, 4.69) is 5.32 Å². The molecule has 1 spiro atoms. The second-order valence-electron chi connectivity index (χ2n) is 4.26. The van der Waals surface area contributed by atoms with Gasteiger partial charge in [-0.1, -0.05) is 12.8 Å². The van der Waals surface area contributed by atoms with Gasteiger partial charge in [0.2, 0.25) is 0 Å². The SMILES string of the molecule is O=C(O)C1CCNC2(CCCC2)C1=O. The summed E-state index contributed by atoms with van der Waals surface area (Å²) in [5, 5.41) is 12.1. The van der Waals surface area contributed by atoms with Gasteiger partial charge in [-0.3, -0.25) is 9.59 Å². The first kappa shape index (κ1) is 9.65. The lowest BCUT2D eigenvalue weighted by molar-refractivity contribution is -0.150. The fraction of sp³-hybridized carbons (Fsp3) is 0.800. The Hall–Kier alpha value is -0.900. The lowest BCUT2D eigenvalue weighted by Crippen LogP contribution is -2.58. The maximum Gasteiger partial charge on any atom is 0.314 e. The average molecular weight is 197 g/mol. The number of Topliss-reactive ketones (excluding diaryl/α,β-unsaturated/α-hetero) is 1. The Bertz CT molecular complexity index is 269. The van der Waals surface area contributed by atoms with Gasteiger partial charge in [0.05, 0.1) is 5.54 Å². The van der Waals surface area contributed by atoms with Gasteiger partial charge >= 0.3 is 5.97 Å². The fourth-order valence-corrected chi connectivity index (χ4v) is 2.64. The Morgan fingerprint density at radius 3 is 2.64 bits per heavy atom. The van der Waals surface area contributed by atoms with E-state index in [-0.39, 0.29) is 5.78 Å². The van der Waals surface area contributed by atoms with Crippen molar-refractivity contribution in [1.82, 2.24) is 5.32 Å². The van der Waals surface area contributed by atoms with E-state index < -0.39 is 17.4 Å². The zero-order valence-corrected chi connectivity index (χ0v) is 8.08. The lowest BCUT2D eigenvalue weighted by atomic mass is 9.79. The van der Waals surface area contributed by atoms with Gasteiger partial charge in [-0.15, -0.1) is 0 Å². The predicted molar refractivity (Wildman–Crippen MR) is 50.0 cm³/mol. The van der Waals surface area contributed by atoms with Crippen molar-refractivity contribution in [2.75, 3.05) is 6.54 Å². The van der Waals surface area contributed by atoms with Gasteiger partial charge in [0.1, 0.15) is 5.92 Å². The number of carboxylic acids is 1. The standard InChI is InChI=1S/C10H15NO3/c12-8-7(9(13)14)3-6-11-10(8)4-1-2-5-10/h7,11H,1-6H2,(H,13,14). The molecule has 2 fully saturated rings. The van der Waals surface area contributed by atoms with Gasteiger partial charge in [0.25, 0.3) is 0 Å². The van der Waals surface area contributed by atoms with Crippen molar-refractivity contribution in [3.8, 4) is 0 Å². The van der Waals surface area contributed by atoms with Gasteiger partial charge in [0.15, 0.2) is 5.78 Å². The van der Waals surface area contributed by atoms with Crippen molar-refractivity contribution in [2.45, 2.75) is 37.6 Å². The highest BCUT2D eigenvalue weighted by Crippen LogP contribution is 2.35. The number of carbonyl (C=O) groups excluding carboxylic acids is 1. The molecular formula is C10H15NO3. The van der Waals surface area contributed by atoms with Crippen LogP contribution in [0.1, 0.15) is 32.1 Å². The largest absolute Gasteiger partial charge is 0.481 e. The van der Waals surface area contributed by atoms with Gasteiger partial charge in [-0.2, -0.15) is 0 Å². The highest BCUT2D eigenvalue weighted by Gasteiger charge is 2.48. The van der Waals surface area contributed by atoms with E-state index in [1.165, 1.54) is 0 Å². The van der Waals surface area contributed by atoms with Crippen LogP contribution in [0.4, 0.5) is 0 Å². The van der Waals surface area contributed by atoms with Crippen molar-refractivity contribution in [3.63, 3.8) is 0 Å². The lowest BCUT2D eigenvalue weighted by Gasteiger charge is -2.36. The maximum atomic E-state index is 11.9. The highest BCUT2D eigenvalue weighted by molar-refractivity contribution is 6.04. The zero-order valence-electron chi connectivity index (χ0n) is 8.08. The van der Waals surface area contributed by atoms with E-state index in [0.29, 0.717) is 13.0 Å². The number of rotatable bonds is 1. The molecule has 0 aromatic heterocycles. The maximum absolute atomic E-state index is 11.9. The van der Waals surface area contributed by atoms with Crippen LogP contribution in [0, 0.1) is 5.92 Å². The van der Waals surface area contributed by atoms with Crippen molar-refractivity contribution in [2.24, 2.45) is 5.92 Å². The van der Waals surface area contributed by atoms with E-state index in [1.807, 2.05) is 0 Å². The number of carbonyl (C=O) groups is 2. The minimum atomic E-state index is -0.956. The quantitative estimate of drug-likeness (QED) is 0.603. The first-order valence-corrected chi connectivity index (χ1v) is 5.18. The molecule has 1 aliphatic carbocycles. The van der Waals surface area contributed by atoms with E-state index in [0.717, 1.165) is 25.7 Å². The number of hydrogen-bond donors (Lipinski definition) is 2. The second kappa shape index (κ2) is 3.35. The highest BCUT2D eigenvalue weighted by atomic mass is 16.4. The van der Waals surface area contributed by atoms with Crippen LogP contribution in [0.2, 0.25) is 0 Å². The third-order valence-corrected chi connectivity index (χ3v) is 3.44. The summed E-state index contributed by atoms with van der Waals surface area (Å²) in [6.07, 6.45) is 4.14. The Morgan fingerprint density at radius 1 is 1.43 bits per heavy atom. The van der Waals surface area contributed by atoms with Gasteiger partial charge in [-0.25, -0.2) is 0 Å². The first-order valence-electron chi connectivity index (χ1n) is 5.18. The molecule has 1 saturated heterocycles. The molecule has 1 heterocycles. The van der Waals surface area contributed by atoms with Crippen LogP contribution >= 0.6 is 0 Å². The van der Waals surface area contributed by atoms with Gasteiger partial charge < -0.3 is 10.4 Å². The van der Waals surface area contributed by atoms with Crippen molar-refractivity contribution >= 4 is 11.8 Å². The summed E-state index contributed by atoms with van der Waals surface area (Å²) in [7, 11) is 0. The molecule has 0 aromatic rings. The van der Waals surface area contributed by atoms with E-state index >= 15 is 0 Å². The molecule has 0 aromatic carbocycles. The molecule has 1 atom stereocenters. The normalized spacial score (nSPS) is 30.9. The third kappa shape index (κ3) is 1.34. The molecule has 78 valence electrons. The molecule has 0 bridgehead atoms. The Labute approximate surface area is 82.7 Å². The van der Waals surface area contributed by atoms with E-state index in [9.17, 15) is 9.59 Å². The van der Waals surface area contributed by atoms with Crippen molar-refractivity contribution in [3.05, 3.63) is 0 Å². The molecular weight excluding hydrogens is 182 g/mol. The van der Waals surface area contributed by atoms with Gasteiger partial charge in [-0.05, 0) is 25.8 Å². The summed E-state index contributed by atoms with van der Waals surface area (Å²) in [5.41, 5.74) is -0.485. The number of carboxylic acid groups (broad SMARTS) is 1. The molecule has 1 saturated carbocycles. The summed E-state index contributed by atoms with van der Waals surface area (Å²) in [5.74, 6) is -1.81. The van der Waals surface area contributed by atoms with Crippen molar-refractivity contribution < 1.29 is 14.7 Å². The summed E-state index contributed by atoms with van der Waals surface area (Å²) in [4.78, 5) is 22.8. The molecule has 2 N–H and O–H groups in total. The Balaban J connectivity index is 2.20. The predicted octanol–water partition coefficient (Wildman–Crippen LogP) is 0.562. The third-order valence-electron chi connectivity index (χ3n) is 3.44. The van der Waals surface area contributed by atoms with Crippen LogP contribution in [-0.4, -0.2) is 28.9 Å². The monoisotopic (exact) mass is 197 g/mol. The Kier molecular flexibility index (Phi) is 2.31. The molecule has 1 unspecified atom stereocenters. The molecule has 0 radical (unpaired) electrons. The molecule has 1 aliphatic heterocycles. The fourth-order valence-electron chi connectivity index (χ4n) is 2.64. The first-order chi connectivity index (χ1) is 6.66. The molecule has 4 heteroatoms. The van der Waals surface area contributed by atoms with Gasteiger partial charge in [0, 0.05) is 0 Å². The van der Waals surface area contributed by atoms with Crippen LogP contribution in [0.15, 0.2) is 0 Å². The zero-order chi connectivity index (χ0) is 10.2. The summed E-state index contributed by atoms with van der Waals surface area (Å²) < 4.78 is 0. The van der Waals surface area contributed by atoms with Crippen molar-refractivity contribution in [1.29, 1.82) is 0 Å². The molecule has 4 nitrogen and oxygen atoms in total. The number of ketones is 1. The molecule has 14 heavy (non-hydrogen) atoms. The number of hydrogen-bond acceptors (Lipinski definition) is 3. The average Bonchev–Trinajstić information content (AvgIpc) is 2.59. The van der Waals surface area contributed by atoms with E-state index in [1.54, 1.807) is 0 Å². The number of piperidine rings is 1. The Morgan fingerprint density at radius 2 is 2.07 bits per heavy atom. The summed E-state index contributed by atoms with van der Waals surface area (Å²) >= 11 is 0. The number of nitrogens with one attached hydrogen (secondary N) is 1. The molecule has 2 aliphatic rings. The molecule has 0 amide bonds. The van der Waals surface area contributed by atoms with E-state index in [4.69, 9.17) is 5.11 Å². The smallest absolute Gasteiger partial charge is 0.314 e. The second-order valence-corrected chi connectivity index (χ2v) is 4.26.